The Morgan fingerprint density at radius 1 is 1.05 bits per heavy atom. The first-order chi connectivity index (χ1) is 17.7. The summed E-state index contributed by atoms with van der Waals surface area (Å²) in [7, 11) is 1.29. The van der Waals surface area contributed by atoms with Crippen molar-refractivity contribution in [3.05, 3.63) is 34.0 Å². The van der Waals surface area contributed by atoms with Crippen molar-refractivity contribution in [3.63, 3.8) is 0 Å². The van der Waals surface area contributed by atoms with Crippen LogP contribution in [0.4, 0.5) is 0 Å². The SMILES string of the molecule is CO[C@H]1[C@H](O)[C@@H](O)[C@@H](Oc2cc(O)c3c(=O)c4c(O)c5c(cc4oc3c2)O[C@H]2OC[C@@H](O)[C@@H]52)O[C@@H]1CO. The quantitative estimate of drug-likeness (QED) is 0.238. The van der Waals surface area contributed by atoms with E-state index in [-0.39, 0.29) is 45.6 Å². The van der Waals surface area contributed by atoms with Crippen molar-refractivity contribution >= 4 is 21.9 Å². The van der Waals surface area contributed by atoms with Gasteiger partial charge in [0.25, 0.3) is 0 Å². The van der Waals surface area contributed by atoms with Gasteiger partial charge in [-0.2, -0.15) is 0 Å². The Kier molecular flexibility index (Phi) is 5.69. The van der Waals surface area contributed by atoms with Gasteiger partial charge in [0.1, 0.15) is 69.4 Å². The molecule has 4 heterocycles. The molecule has 2 aromatic carbocycles. The Labute approximate surface area is 207 Å². The normalized spacial score (nSPS) is 32.9. The molecule has 0 bridgehead atoms. The van der Waals surface area contributed by atoms with E-state index in [1.807, 2.05) is 0 Å². The lowest BCUT2D eigenvalue weighted by molar-refractivity contribution is -0.281. The lowest BCUT2D eigenvalue weighted by Crippen LogP contribution is -2.60. The zero-order valence-corrected chi connectivity index (χ0v) is 19.3. The third-order valence-corrected chi connectivity index (χ3v) is 7.06. The fourth-order valence-corrected chi connectivity index (χ4v) is 5.27. The standard InChI is InChI=1S/C24H24O13/c1-32-22-13(5-25)37-24(21(31)20(22)30)34-7-2-8(26)14-10(3-7)35-12-4-11-16(19(29)17(12)18(14)28)15-9(27)6-33-23(15)36-11/h2-4,9,13,15,20-27,29-31H,5-6H2,1H3/t9-,13-,15+,20-,21-,22-,23-,24+/m1/s1. The Hall–Kier alpha value is -3.17. The van der Waals surface area contributed by atoms with Crippen LogP contribution in [0.3, 0.4) is 0 Å². The number of aliphatic hydroxyl groups is 4. The van der Waals surface area contributed by atoms with Crippen molar-refractivity contribution in [1.29, 1.82) is 0 Å². The van der Waals surface area contributed by atoms with E-state index >= 15 is 0 Å². The average Bonchev–Trinajstić information content (AvgIpc) is 3.40. The largest absolute Gasteiger partial charge is 0.507 e. The monoisotopic (exact) mass is 520 g/mol. The number of hydrogen-bond donors (Lipinski definition) is 6. The molecule has 3 aromatic rings. The minimum atomic E-state index is -1.57. The molecule has 2 fully saturated rings. The van der Waals surface area contributed by atoms with E-state index in [2.05, 4.69) is 0 Å². The molecule has 3 aliphatic heterocycles. The van der Waals surface area contributed by atoms with Crippen molar-refractivity contribution < 1.29 is 58.7 Å². The summed E-state index contributed by atoms with van der Waals surface area (Å²) in [6, 6.07) is 3.74. The first kappa shape index (κ1) is 24.2. The number of benzene rings is 2. The van der Waals surface area contributed by atoms with Crippen LogP contribution < -0.4 is 14.9 Å². The summed E-state index contributed by atoms with van der Waals surface area (Å²) in [5.74, 6) is -1.55. The number of hydrogen-bond acceptors (Lipinski definition) is 13. The Morgan fingerprint density at radius 2 is 1.81 bits per heavy atom. The second kappa shape index (κ2) is 8.70. The molecular formula is C24H24O13. The van der Waals surface area contributed by atoms with Gasteiger partial charge in [-0.25, -0.2) is 0 Å². The van der Waals surface area contributed by atoms with Gasteiger partial charge in [-0.15, -0.1) is 0 Å². The van der Waals surface area contributed by atoms with E-state index in [0.717, 1.165) is 6.07 Å². The van der Waals surface area contributed by atoms with Crippen LogP contribution in [-0.2, 0) is 14.2 Å². The molecule has 0 radical (unpaired) electrons. The summed E-state index contributed by atoms with van der Waals surface area (Å²) in [5, 5.41) is 61.8. The highest BCUT2D eigenvalue weighted by atomic mass is 16.7. The van der Waals surface area contributed by atoms with Crippen LogP contribution in [0.5, 0.6) is 23.0 Å². The van der Waals surface area contributed by atoms with Crippen LogP contribution in [0.1, 0.15) is 11.5 Å². The lowest BCUT2D eigenvalue weighted by Gasteiger charge is -2.41. The van der Waals surface area contributed by atoms with Gasteiger partial charge in [0.2, 0.25) is 18.0 Å². The molecule has 0 saturated carbocycles. The van der Waals surface area contributed by atoms with E-state index in [1.54, 1.807) is 0 Å². The van der Waals surface area contributed by atoms with Crippen molar-refractivity contribution in [3.8, 4) is 23.0 Å². The number of rotatable bonds is 4. The molecule has 37 heavy (non-hydrogen) atoms. The van der Waals surface area contributed by atoms with Crippen molar-refractivity contribution in [2.24, 2.45) is 0 Å². The molecule has 1 aromatic heterocycles. The number of aromatic hydroxyl groups is 2. The lowest BCUT2D eigenvalue weighted by atomic mass is 9.93. The molecule has 3 aliphatic rings. The number of fused-ring (bicyclic) bond motifs is 5. The predicted octanol–water partition coefficient (Wildman–Crippen LogP) is -0.617. The molecular weight excluding hydrogens is 496 g/mol. The summed E-state index contributed by atoms with van der Waals surface area (Å²) in [4.78, 5) is 13.4. The Balaban J connectivity index is 1.41. The summed E-state index contributed by atoms with van der Waals surface area (Å²) in [6.45, 7) is -0.505. The summed E-state index contributed by atoms with van der Waals surface area (Å²) >= 11 is 0. The highest BCUT2D eigenvalue weighted by Crippen LogP contribution is 2.51. The molecule has 13 nitrogen and oxygen atoms in total. The van der Waals surface area contributed by atoms with E-state index in [4.69, 9.17) is 28.1 Å². The fraction of sp³-hybridized carbons (Fsp3) is 0.458. The molecule has 0 spiro atoms. The number of phenols is 2. The number of aliphatic hydroxyl groups excluding tert-OH is 4. The molecule has 6 rings (SSSR count). The number of ether oxygens (including phenoxy) is 5. The van der Waals surface area contributed by atoms with E-state index in [0.29, 0.717) is 0 Å². The average molecular weight is 520 g/mol. The first-order valence-corrected chi connectivity index (χ1v) is 11.5. The van der Waals surface area contributed by atoms with Crippen LogP contribution in [0.15, 0.2) is 27.4 Å². The van der Waals surface area contributed by atoms with E-state index < -0.39 is 72.6 Å². The topological polar surface area (TPSA) is 198 Å². The number of methoxy groups -OCH3 is 1. The third kappa shape index (κ3) is 3.54. The maximum absolute atomic E-state index is 13.4. The van der Waals surface area contributed by atoms with Gasteiger partial charge in [0.05, 0.1) is 25.2 Å². The maximum atomic E-state index is 13.4. The molecule has 0 aliphatic carbocycles. The van der Waals surface area contributed by atoms with Gasteiger partial charge in [0, 0.05) is 30.9 Å². The van der Waals surface area contributed by atoms with Crippen molar-refractivity contribution in [2.45, 2.75) is 49.0 Å². The molecule has 13 heteroatoms. The second-order valence-corrected chi connectivity index (χ2v) is 9.19. The number of phenolic OH excluding ortho intramolecular Hbond substituents is 2. The van der Waals surface area contributed by atoms with Gasteiger partial charge in [-0.05, 0) is 0 Å². The zero-order chi connectivity index (χ0) is 26.2. The molecule has 198 valence electrons. The van der Waals surface area contributed by atoms with Crippen molar-refractivity contribution in [2.75, 3.05) is 20.3 Å². The summed E-state index contributed by atoms with van der Waals surface area (Å²) < 4.78 is 33.1. The summed E-state index contributed by atoms with van der Waals surface area (Å²) in [6.07, 6.45) is -8.21. The van der Waals surface area contributed by atoms with Crippen molar-refractivity contribution in [1.82, 2.24) is 0 Å². The minimum absolute atomic E-state index is 0.0176. The fourth-order valence-electron chi connectivity index (χ4n) is 5.27. The van der Waals surface area contributed by atoms with Crippen LogP contribution in [0.2, 0.25) is 0 Å². The van der Waals surface area contributed by atoms with Gasteiger partial charge >= 0.3 is 0 Å². The predicted molar refractivity (Wildman–Crippen MR) is 122 cm³/mol. The highest BCUT2D eigenvalue weighted by molar-refractivity contribution is 5.98. The van der Waals surface area contributed by atoms with E-state index in [9.17, 15) is 35.4 Å². The first-order valence-electron chi connectivity index (χ1n) is 11.5. The van der Waals surface area contributed by atoms with Crippen LogP contribution in [0.25, 0.3) is 21.9 Å². The van der Waals surface area contributed by atoms with Gasteiger partial charge in [0.15, 0.2) is 0 Å². The Bertz CT molecular complexity index is 1430. The van der Waals surface area contributed by atoms with Gasteiger partial charge in [-0.3, -0.25) is 4.79 Å². The zero-order valence-electron chi connectivity index (χ0n) is 19.3. The molecule has 2 saturated heterocycles. The highest BCUT2D eigenvalue weighted by Gasteiger charge is 2.48. The maximum Gasteiger partial charge on any atom is 0.229 e. The van der Waals surface area contributed by atoms with Crippen LogP contribution in [-0.4, -0.2) is 94.1 Å². The minimum Gasteiger partial charge on any atom is -0.507 e. The van der Waals surface area contributed by atoms with Crippen LogP contribution in [0, 0.1) is 0 Å². The third-order valence-electron chi connectivity index (χ3n) is 7.06. The van der Waals surface area contributed by atoms with Gasteiger partial charge in [-0.1, -0.05) is 0 Å². The second-order valence-electron chi connectivity index (χ2n) is 9.19. The smallest absolute Gasteiger partial charge is 0.229 e. The van der Waals surface area contributed by atoms with Gasteiger partial charge < -0.3 is 58.7 Å². The molecule has 8 atom stereocenters. The summed E-state index contributed by atoms with van der Waals surface area (Å²) in [5.41, 5.74) is -0.665. The molecule has 0 unspecified atom stereocenters. The Morgan fingerprint density at radius 3 is 2.54 bits per heavy atom. The van der Waals surface area contributed by atoms with Crippen LogP contribution >= 0.6 is 0 Å². The molecule has 0 amide bonds. The molecule has 6 N–H and O–H groups in total. The van der Waals surface area contributed by atoms with E-state index in [1.165, 1.54) is 19.2 Å².